The van der Waals surface area contributed by atoms with E-state index in [0.717, 1.165) is 9.79 Å². The molecule has 0 atom stereocenters. The van der Waals surface area contributed by atoms with Crippen LogP contribution in [0.4, 0.5) is 4.39 Å². The maximum absolute atomic E-state index is 13.6. The molecule has 0 saturated carbocycles. The second-order valence-corrected chi connectivity index (χ2v) is 7.28. The summed E-state index contributed by atoms with van der Waals surface area (Å²) in [7, 11) is 0. The lowest BCUT2D eigenvalue weighted by Crippen LogP contribution is -1.96. The summed E-state index contributed by atoms with van der Waals surface area (Å²) in [4.78, 5) is 9.85. The van der Waals surface area contributed by atoms with E-state index in [1.54, 1.807) is 29.2 Å². The zero-order valence-corrected chi connectivity index (χ0v) is 15.8. The van der Waals surface area contributed by atoms with Gasteiger partial charge in [0.1, 0.15) is 17.6 Å². The molecule has 0 radical (unpaired) electrons. The summed E-state index contributed by atoms with van der Waals surface area (Å²) in [5.74, 6) is -0.261. The van der Waals surface area contributed by atoms with Gasteiger partial charge in [-0.1, -0.05) is 29.4 Å². The third kappa shape index (κ3) is 3.88. The van der Waals surface area contributed by atoms with E-state index in [9.17, 15) is 4.39 Å². The fourth-order valence-electron chi connectivity index (χ4n) is 2.52. The zero-order chi connectivity index (χ0) is 19.5. The smallest absolute Gasteiger partial charge is 0.232 e. The Morgan fingerprint density at radius 1 is 1.07 bits per heavy atom. The van der Waals surface area contributed by atoms with Crippen LogP contribution in [0.5, 0.6) is 0 Å². The van der Waals surface area contributed by atoms with E-state index in [-0.39, 0.29) is 11.6 Å². The first-order chi connectivity index (χ1) is 13.6. The predicted octanol–water partition coefficient (Wildman–Crippen LogP) is 5.14. The third-order valence-electron chi connectivity index (χ3n) is 3.82. The highest BCUT2D eigenvalue weighted by Crippen LogP contribution is 2.36. The molecule has 0 amide bonds. The highest BCUT2D eigenvalue weighted by Gasteiger charge is 2.15. The van der Waals surface area contributed by atoms with Gasteiger partial charge in [0, 0.05) is 34.1 Å². The van der Waals surface area contributed by atoms with Gasteiger partial charge in [-0.3, -0.25) is 0 Å². The molecule has 0 spiro atoms. The summed E-state index contributed by atoms with van der Waals surface area (Å²) in [6.45, 7) is 0. The predicted molar refractivity (Wildman–Crippen MR) is 105 cm³/mol. The molecule has 0 unspecified atom stereocenters. The van der Waals surface area contributed by atoms with Crippen molar-refractivity contribution in [2.75, 3.05) is 0 Å². The van der Waals surface area contributed by atoms with Gasteiger partial charge in [0.25, 0.3) is 0 Å². The molecule has 28 heavy (non-hydrogen) atoms. The van der Waals surface area contributed by atoms with Crippen LogP contribution in [-0.2, 0) is 0 Å². The largest absolute Gasteiger partial charge is 0.239 e. The van der Waals surface area contributed by atoms with Crippen LogP contribution in [-0.4, -0.2) is 19.7 Å². The van der Waals surface area contributed by atoms with Crippen molar-refractivity contribution in [3.63, 3.8) is 0 Å². The zero-order valence-electron chi connectivity index (χ0n) is 14.3. The maximum atomic E-state index is 13.6. The number of hydrogen-bond donors (Lipinski definition) is 0. The van der Waals surface area contributed by atoms with E-state index in [1.807, 2.05) is 36.5 Å². The molecule has 8 heteroatoms. The van der Waals surface area contributed by atoms with Crippen LogP contribution in [0.1, 0.15) is 5.82 Å². The van der Waals surface area contributed by atoms with Gasteiger partial charge in [-0.2, -0.15) is 10.4 Å². The van der Waals surface area contributed by atoms with Gasteiger partial charge in [-0.15, -0.1) is 0 Å². The SMILES string of the molecule is N#Cc1ncc(-c2nn(-c3cccc(F)c3)cc2Sc2ccc(Cl)cc2)cn1. The Hall–Kier alpha value is -3.21. The van der Waals surface area contributed by atoms with Crippen molar-refractivity contribution in [2.24, 2.45) is 0 Å². The number of aromatic nitrogens is 4. The molecule has 0 bridgehead atoms. The van der Waals surface area contributed by atoms with Crippen LogP contribution in [0.25, 0.3) is 16.9 Å². The van der Waals surface area contributed by atoms with Crippen molar-refractivity contribution in [3.8, 4) is 23.0 Å². The van der Waals surface area contributed by atoms with Crippen LogP contribution in [0.15, 0.2) is 76.9 Å². The number of nitriles is 1. The second-order valence-electron chi connectivity index (χ2n) is 5.73. The average Bonchev–Trinajstić information content (AvgIpc) is 3.14. The van der Waals surface area contributed by atoms with Crippen LogP contribution in [0, 0.1) is 17.1 Å². The second kappa shape index (κ2) is 7.80. The van der Waals surface area contributed by atoms with Crippen LogP contribution in [0.3, 0.4) is 0 Å². The summed E-state index contributed by atoms with van der Waals surface area (Å²) in [5.41, 5.74) is 1.89. The monoisotopic (exact) mass is 407 g/mol. The van der Waals surface area contributed by atoms with Crippen molar-refractivity contribution in [2.45, 2.75) is 9.79 Å². The minimum absolute atomic E-state index is 0.0835. The molecule has 2 aromatic heterocycles. The number of hydrogen-bond acceptors (Lipinski definition) is 5. The molecule has 2 heterocycles. The number of rotatable bonds is 4. The first-order valence-electron chi connectivity index (χ1n) is 8.14. The van der Waals surface area contributed by atoms with Crippen LogP contribution < -0.4 is 0 Å². The van der Waals surface area contributed by atoms with E-state index in [4.69, 9.17) is 16.9 Å². The quantitative estimate of drug-likeness (QED) is 0.468. The fourth-order valence-corrected chi connectivity index (χ4v) is 3.58. The molecule has 0 fully saturated rings. The molecule has 0 saturated heterocycles. The Kier molecular flexibility index (Phi) is 5.06. The van der Waals surface area contributed by atoms with E-state index in [2.05, 4.69) is 15.1 Å². The topological polar surface area (TPSA) is 67.4 Å². The summed E-state index contributed by atoms with van der Waals surface area (Å²) in [5, 5.41) is 14.2. The van der Waals surface area contributed by atoms with Gasteiger partial charge in [0.05, 0.1) is 10.6 Å². The molecule has 4 aromatic rings. The Balaban J connectivity index is 1.79. The molecule has 0 aliphatic rings. The number of nitrogens with zero attached hydrogens (tertiary/aromatic N) is 5. The minimum Gasteiger partial charge on any atom is -0.239 e. The van der Waals surface area contributed by atoms with Gasteiger partial charge in [-0.25, -0.2) is 19.0 Å². The molecular formula is C20H11ClFN5S. The van der Waals surface area contributed by atoms with E-state index in [0.29, 0.717) is 22.0 Å². The standard InChI is InChI=1S/C20H11ClFN5S/c21-14-4-6-17(7-5-14)28-18-12-27(16-3-1-2-15(22)8-16)26-20(18)13-10-24-19(9-23)25-11-13/h1-8,10-12H. The molecule has 0 aliphatic carbocycles. The molecule has 136 valence electrons. The number of halogens is 2. The van der Waals surface area contributed by atoms with Crippen LogP contribution >= 0.6 is 23.4 Å². The molecule has 5 nitrogen and oxygen atoms in total. The Labute approximate surface area is 169 Å². The van der Waals surface area contributed by atoms with Gasteiger partial charge < -0.3 is 0 Å². The summed E-state index contributed by atoms with van der Waals surface area (Å²) < 4.78 is 15.2. The first-order valence-corrected chi connectivity index (χ1v) is 9.33. The van der Waals surface area contributed by atoms with Crippen molar-refractivity contribution >= 4 is 23.4 Å². The fraction of sp³-hybridized carbons (Fsp3) is 0. The van der Waals surface area contributed by atoms with Crippen LogP contribution in [0.2, 0.25) is 5.02 Å². The Bertz CT molecular complexity index is 1170. The highest BCUT2D eigenvalue weighted by molar-refractivity contribution is 7.99. The van der Waals surface area contributed by atoms with E-state index in [1.165, 1.54) is 23.9 Å². The van der Waals surface area contributed by atoms with Crippen molar-refractivity contribution in [1.82, 2.24) is 19.7 Å². The molecular weight excluding hydrogens is 397 g/mol. The third-order valence-corrected chi connectivity index (χ3v) is 5.10. The lowest BCUT2D eigenvalue weighted by molar-refractivity contribution is 0.625. The van der Waals surface area contributed by atoms with Gasteiger partial charge in [0.15, 0.2) is 0 Å². The summed E-state index contributed by atoms with van der Waals surface area (Å²) in [6, 6.07) is 15.5. The van der Waals surface area contributed by atoms with Gasteiger partial charge in [-0.05, 0) is 42.5 Å². The van der Waals surface area contributed by atoms with E-state index >= 15 is 0 Å². The molecule has 0 aliphatic heterocycles. The normalized spacial score (nSPS) is 10.6. The maximum Gasteiger partial charge on any atom is 0.232 e. The van der Waals surface area contributed by atoms with Crippen molar-refractivity contribution < 1.29 is 4.39 Å². The van der Waals surface area contributed by atoms with Crippen molar-refractivity contribution in [3.05, 3.63) is 83.8 Å². The van der Waals surface area contributed by atoms with Gasteiger partial charge in [0.2, 0.25) is 5.82 Å². The summed E-state index contributed by atoms with van der Waals surface area (Å²) in [6.07, 6.45) is 4.92. The molecule has 2 aromatic carbocycles. The summed E-state index contributed by atoms with van der Waals surface area (Å²) >= 11 is 7.46. The van der Waals surface area contributed by atoms with Gasteiger partial charge >= 0.3 is 0 Å². The molecule has 4 rings (SSSR count). The lowest BCUT2D eigenvalue weighted by atomic mass is 10.2. The molecule has 0 N–H and O–H groups in total. The minimum atomic E-state index is -0.344. The number of benzene rings is 2. The lowest BCUT2D eigenvalue weighted by Gasteiger charge is -2.02. The van der Waals surface area contributed by atoms with Crippen molar-refractivity contribution in [1.29, 1.82) is 5.26 Å². The Morgan fingerprint density at radius 3 is 2.50 bits per heavy atom. The van der Waals surface area contributed by atoms with E-state index < -0.39 is 0 Å². The highest BCUT2D eigenvalue weighted by atomic mass is 35.5. The first kappa shape index (κ1) is 18.2. The Morgan fingerprint density at radius 2 is 1.82 bits per heavy atom. The average molecular weight is 408 g/mol.